The number of hydrogen-bond acceptors (Lipinski definition) is 1. The fourth-order valence-corrected chi connectivity index (χ4v) is 1.94. The molecule has 0 aliphatic heterocycles. The fourth-order valence-electron chi connectivity index (χ4n) is 1.94. The molecule has 0 heterocycles. The maximum Gasteiger partial charge on any atom is 0.220 e. The third-order valence-electron chi connectivity index (χ3n) is 2.75. The molecule has 2 rings (SSSR count). The Morgan fingerprint density at radius 3 is 2.69 bits per heavy atom. The van der Waals surface area contributed by atoms with Gasteiger partial charge in [0.2, 0.25) is 5.91 Å². The van der Waals surface area contributed by atoms with Crippen molar-refractivity contribution in [3.63, 3.8) is 0 Å². The second-order valence-electron chi connectivity index (χ2n) is 3.61. The smallest absolute Gasteiger partial charge is 0.220 e. The summed E-state index contributed by atoms with van der Waals surface area (Å²) in [5.74, 6) is -0.107. The molecule has 0 aromatic heterocycles. The Labute approximate surface area is 77.8 Å². The average Bonchev–Trinajstić information content (AvgIpc) is 2.17. The molecule has 0 saturated heterocycles. The van der Waals surface area contributed by atoms with E-state index in [9.17, 15) is 4.79 Å². The number of carbonyl (C=O) groups is 1. The van der Waals surface area contributed by atoms with Crippen molar-refractivity contribution in [1.82, 2.24) is 0 Å². The van der Waals surface area contributed by atoms with E-state index in [2.05, 4.69) is 12.1 Å². The Kier molecular flexibility index (Phi) is 2.05. The van der Waals surface area contributed by atoms with Gasteiger partial charge < -0.3 is 5.73 Å². The van der Waals surface area contributed by atoms with Gasteiger partial charge >= 0.3 is 0 Å². The van der Waals surface area contributed by atoms with Crippen LogP contribution in [0, 0.1) is 5.92 Å². The summed E-state index contributed by atoms with van der Waals surface area (Å²) >= 11 is 0. The zero-order chi connectivity index (χ0) is 9.26. The Morgan fingerprint density at radius 1 is 1.31 bits per heavy atom. The van der Waals surface area contributed by atoms with Crippen molar-refractivity contribution >= 4 is 5.91 Å². The molecule has 0 bridgehead atoms. The van der Waals surface area contributed by atoms with E-state index in [0.717, 1.165) is 19.3 Å². The van der Waals surface area contributed by atoms with Crippen LogP contribution in [-0.4, -0.2) is 5.91 Å². The summed E-state index contributed by atoms with van der Waals surface area (Å²) in [6, 6.07) is 8.28. The number of amides is 1. The molecule has 1 aromatic rings. The van der Waals surface area contributed by atoms with Crippen molar-refractivity contribution in [1.29, 1.82) is 0 Å². The van der Waals surface area contributed by atoms with Gasteiger partial charge in [0.25, 0.3) is 0 Å². The van der Waals surface area contributed by atoms with Crippen LogP contribution >= 0.6 is 0 Å². The first-order valence-corrected chi connectivity index (χ1v) is 4.63. The van der Waals surface area contributed by atoms with E-state index in [1.807, 2.05) is 12.1 Å². The van der Waals surface area contributed by atoms with Gasteiger partial charge in [-0.25, -0.2) is 0 Å². The van der Waals surface area contributed by atoms with E-state index in [4.69, 9.17) is 5.73 Å². The van der Waals surface area contributed by atoms with Gasteiger partial charge in [0.15, 0.2) is 0 Å². The summed E-state index contributed by atoms with van der Waals surface area (Å²) in [4.78, 5) is 11.0. The van der Waals surface area contributed by atoms with E-state index < -0.39 is 0 Å². The van der Waals surface area contributed by atoms with Crippen LogP contribution in [0.15, 0.2) is 24.3 Å². The lowest BCUT2D eigenvalue weighted by Gasteiger charge is -2.21. The number of primary amides is 1. The van der Waals surface area contributed by atoms with Crippen molar-refractivity contribution in [3.05, 3.63) is 35.4 Å². The van der Waals surface area contributed by atoms with E-state index in [-0.39, 0.29) is 11.8 Å². The molecule has 1 aliphatic rings. The predicted octanol–water partition coefficient (Wildman–Crippen LogP) is 1.28. The number of nitrogens with two attached hydrogens (primary N) is 1. The highest BCUT2D eigenvalue weighted by Crippen LogP contribution is 2.24. The molecule has 0 spiro atoms. The van der Waals surface area contributed by atoms with Crippen LogP contribution < -0.4 is 5.73 Å². The molecule has 0 radical (unpaired) electrons. The van der Waals surface area contributed by atoms with Crippen molar-refractivity contribution in [3.8, 4) is 0 Å². The number of rotatable bonds is 1. The molecule has 0 fully saturated rings. The first-order valence-electron chi connectivity index (χ1n) is 4.63. The van der Waals surface area contributed by atoms with Crippen molar-refractivity contribution in [2.24, 2.45) is 11.7 Å². The van der Waals surface area contributed by atoms with Crippen LogP contribution in [0.1, 0.15) is 17.5 Å². The topological polar surface area (TPSA) is 43.1 Å². The molecule has 1 aliphatic carbocycles. The van der Waals surface area contributed by atoms with Gasteiger partial charge in [0.1, 0.15) is 0 Å². The van der Waals surface area contributed by atoms with Gasteiger partial charge in [0.05, 0.1) is 0 Å². The van der Waals surface area contributed by atoms with E-state index in [0.29, 0.717) is 0 Å². The third-order valence-corrected chi connectivity index (χ3v) is 2.75. The number of carbonyl (C=O) groups excluding carboxylic acids is 1. The normalized spacial score (nSPS) is 20.8. The SMILES string of the molecule is NC(=O)[C@@H]1CCc2ccccc2C1. The van der Waals surface area contributed by atoms with Crippen LogP contribution in [0.4, 0.5) is 0 Å². The van der Waals surface area contributed by atoms with Crippen LogP contribution in [0.2, 0.25) is 0 Å². The fraction of sp³-hybridized carbons (Fsp3) is 0.364. The molecule has 0 saturated carbocycles. The van der Waals surface area contributed by atoms with Gasteiger partial charge in [-0.3, -0.25) is 4.79 Å². The number of hydrogen-bond donors (Lipinski definition) is 1. The first-order chi connectivity index (χ1) is 6.27. The highest BCUT2D eigenvalue weighted by Gasteiger charge is 2.21. The molecule has 1 aromatic carbocycles. The van der Waals surface area contributed by atoms with Gasteiger partial charge in [-0.15, -0.1) is 0 Å². The lowest BCUT2D eigenvalue weighted by Crippen LogP contribution is -2.28. The summed E-state index contributed by atoms with van der Waals surface area (Å²) < 4.78 is 0. The minimum Gasteiger partial charge on any atom is -0.369 e. The van der Waals surface area contributed by atoms with Gasteiger partial charge in [-0.05, 0) is 30.4 Å². The van der Waals surface area contributed by atoms with E-state index in [1.54, 1.807) is 0 Å². The summed E-state index contributed by atoms with van der Waals surface area (Å²) in [5.41, 5.74) is 7.95. The van der Waals surface area contributed by atoms with Crippen molar-refractivity contribution < 1.29 is 4.79 Å². The third kappa shape index (κ3) is 1.57. The molecule has 2 heteroatoms. The van der Waals surface area contributed by atoms with Gasteiger partial charge in [-0.2, -0.15) is 0 Å². The first kappa shape index (κ1) is 8.30. The van der Waals surface area contributed by atoms with Crippen LogP contribution in [0.5, 0.6) is 0 Å². The van der Waals surface area contributed by atoms with Crippen molar-refractivity contribution in [2.75, 3.05) is 0 Å². The molecular weight excluding hydrogens is 162 g/mol. The minimum absolute atomic E-state index is 0.0508. The summed E-state index contributed by atoms with van der Waals surface area (Å²) in [7, 11) is 0. The molecule has 68 valence electrons. The minimum atomic E-state index is -0.158. The second kappa shape index (κ2) is 3.21. The molecule has 13 heavy (non-hydrogen) atoms. The molecule has 0 unspecified atom stereocenters. The lowest BCUT2D eigenvalue weighted by atomic mass is 9.84. The summed E-state index contributed by atoms with van der Waals surface area (Å²) in [6.07, 6.45) is 2.72. The van der Waals surface area contributed by atoms with E-state index in [1.165, 1.54) is 11.1 Å². The molecule has 2 nitrogen and oxygen atoms in total. The molecule has 1 amide bonds. The highest BCUT2D eigenvalue weighted by atomic mass is 16.1. The summed E-state index contributed by atoms with van der Waals surface area (Å²) in [5, 5.41) is 0. The lowest BCUT2D eigenvalue weighted by molar-refractivity contribution is -0.122. The Morgan fingerprint density at radius 2 is 2.00 bits per heavy atom. The maximum absolute atomic E-state index is 11.0. The van der Waals surface area contributed by atoms with Crippen molar-refractivity contribution in [2.45, 2.75) is 19.3 Å². The number of aryl methyl sites for hydroxylation is 1. The Hall–Kier alpha value is -1.31. The standard InChI is InChI=1S/C11H13NO/c12-11(13)10-6-5-8-3-1-2-4-9(8)7-10/h1-4,10H,5-7H2,(H2,12,13)/t10-/m1/s1. The Balaban J connectivity index is 2.24. The number of benzene rings is 1. The highest BCUT2D eigenvalue weighted by molar-refractivity contribution is 5.77. The number of fused-ring (bicyclic) bond motifs is 1. The average molecular weight is 175 g/mol. The zero-order valence-corrected chi connectivity index (χ0v) is 7.49. The summed E-state index contributed by atoms with van der Waals surface area (Å²) in [6.45, 7) is 0. The monoisotopic (exact) mass is 175 g/mol. The van der Waals surface area contributed by atoms with Gasteiger partial charge in [0, 0.05) is 5.92 Å². The largest absolute Gasteiger partial charge is 0.369 e. The molecule has 1 atom stereocenters. The molecule has 2 N–H and O–H groups in total. The second-order valence-corrected chi connectivity index (χ2v) is 3.61. The quantitative estimate of drug-likeness (QED) is 0.686. The van der Waals surface area contributed by atoms with Crippen LogP contribution in [0.3, 0.4) is 0 Å². The molecular formula is C11H13NO. The van der Waals surface area contributed by atoms with Crippen LogP contribution in [-0.2, 0) is 17.6 Å². The van der Waals surface area contributed by atoms with E-state index >= 15 is 0 Å². The zero-order valence-electron chi connectivity index (χ0n) is 7.49. The van der Waals surface area contributed by atoms with Gasteiger partial charge in [-0.1, -0.05) is 24.3 Å². The predicted molar refractivity (Wildman–Crippen MR) is 51.2 cm³/mol. The van der Waals surface area contributed by atoms with Crippen LogP contribution in [0.25, 0.3) is 0 Å². The maximum atomic E-state index is 11.0. The Bertz CT molecular complexity index is 333.